The number of carbonyl (C=O) groups is 2. The lowest BCUT2D eigenvalue weighted by molar-refractivity contribution is -0.115. The molecule has 1 aliphatic rings. The first-order valence-electron chi connectivity index (χ1n) is 11.0. The lowest BCUT2D eigenvalue weighted by atomic mass is 10.1. The highest BCUT2D eigenvalue weighted by molar-refractivity contribution is 7.10. The molecule has 1 amide bonds. The molecule has 7 nitrogen and oxygen atoms in total. The van der Waals surface area contributed by atoms with Crippen LogP contribution < -0.4 is 19.9 Å². The summed E-state index contributed by atoms with van der Waals surface area (Å²) >= 11 is 1.50. The number of rotatable bonds is 8. The van der Waals surface area contributed by atoms with Gasteiger partial charge in [0.1, 0.15) is 5.75 Å². The maximum Gasteiger partial charge on any atom is 0.337 e. The van der Waals surface area contributed by atoms with Crippen LogP contribution in [0.1, 0.15) is 22.2 Å². The molecule has 1 aromatic heterocycles. The van der Waals surface area contributed by atoms with Gasteiger partial charge in [0.2, 0.25) is 5.91 Å². The Bertz CT molecular complexity index is 1110. The number of piperazine rings is 1. The zero-order valence-corrected chi connectivity index (χ0v) is 19.3. The highest BCUT2D eigenvalue weighted by atomic mass is 32.1. The second-order valence-electron chi connectivity index (χ2n) is 7.71. The molecule has 2 N–H and O–H groups in total. The quantitative estimate of drug-likeness (QED) is 0.515. The minimum Gasteiger partial charge on any atom is -0.492 e. The lowest BCUT2D eigenvalue weighted by Crippen LogP contribution is -2.46. The monoisotopic (exact) mass is 465 g/mol. The Balaban J connectivity index is 1.44. The van der Waals surface area contributed by atoms with Gasteiger partial charge < -0.3 is 25.0 Å². The Labute approximate surface area is 197 Å². The van der Waals surface area contributed by atoms with Crippen LogP contribution in [0.2, 0.25) is 0 Å². The number of amides is 1. The zero-order chi connectivity index (χ0) is 23.2. The number of hydrogen-bond donors (Lipinski definition) is 2. The molecular weight excluding hydrogens is 438 g/mol. The fourth-order valence-corrected chi connectivity index (χ4v) is 4.69. The molecule has 8 heteroatoms. The van der Waals surface area contributed by atoms with Crippen LogP contribution in [-0.4, -0.2) is 49.8 Å². The molecule has 1 fully saturated rings. The van der Waals surface area contributed by atoms with Crippen molar-refractivity contribution in [1.29, 1.82) is 0 Å². The van der Waals surface area contributed by atoms with Crippen molar-refractivity contribution in [2.75, 3.05) is 47.9 Å². The van der Waals surface area contributed by atoms with E-state index in [0.29, 0.717) is 12.3 Å². The summed E-state index contributed by atoms with van der Waals surface area (Å²) < 4.78 is 5.77. The van der Waals surface area contributed by atoms with Gasteiger partial charge in [0.25, 0.3) is 0 Å². The number of ether oxygens (including phenoxy) is 1. The van der Waals surface area contributed by atoms with Crippen molar-refractivity contribution in [3.63, 3.8) is 0 Å². The number of carboxylic acids is 1. The number of benzene rings is 2. The van der Waals surface area contributed by atoms with Crippen LogP contribution in [0.25, 0.3) is 0 Å². The van der Waals surface area contributed by atoms with Crippen molar-refractivity contribution in [3.8, 4) is 5.75 Å². The molecule has 3 aromatic rings. The fourth-order valence-electron chi connectivity index (χ4n) is 3.98. The van der Waals surface area contributed by atoms with Gasteiger partial charge in [-0.2, -0.15) is 0 Å². The van der Waals surface area contributed by atoms with Crippen LogP contribution in [0.5, 0.6) is 5.75 Å². The molecular formula is C25H27N3O4S. The average Bonchev–Trinajstić information content (AvgIpc) is 3.33. The number of nitrogens with zero attached hydrogens (tertiary/aromatic N) is 2. The molecule has 1 saturated heterocycles. The molecule has 0 bridgehead atoms. The topological polar surface area (TPSA) is 82.1 Å². The Morgan fingerprint density at radius 3 is 2.48 bits per heavy atom. The maximum absolute atomic E-state index is 12.4. The zero-order valence-electron chi connectivity index (χ0n) is 18.5. The molecule has 0 radical (unpaired) electrons. The molecule has 2 heterocycles. The molecule has 4 rings (SSSR count). The standard InChI is InChI=1S/C25H27N3O4S/c1-2-32-23-8-4-3-7-22(23)28-13-11-27(12-14-28)18-9-10-21(20(16-18)25(30)31)26-24(29)17-19-6-5-15-33-19/h3-10,15-16H,2,11-14,17H2,1H3,(H,26,29)(H,30,31). The Morgan fingerprint density at radius 2 is 1.79 bits per heavy atom. The van der Waals surface area contributed by atoms with E-state index in [-0.39, 0.29) is 17.9 Å². The third-order valence-electron chi connectivity index (χ3n) is 5.57. The number of nitrogens with one attached hydrogen (secondary N) is 1. The molecule has 1 aliphatic heterocycles. The number of hydrogen-bond acceptors (Lipinski definition) is 6. The van der Waals surface area contributed by atoms with E-state index >= 15 is 0 Å². The van der Waals surface area contributed by atoms with Crippen molar-refractivity contribution in [2.24, 2.45) is 0 Å². The van der Waals surface area contributed by atoms with Gasteiger partial charge in [0, 0.05) is 36.7 Å². The second-order valence-corrected chi connectivity index (χ2v) is 8.75. The van der Waals surface area contributed by atoms with Gasteiger partial charge in [-0.3, -0.25) is 4.79 Å². The number of aromatic carboxylic acids is 1. The number of para-hydroxylation sites is 2. The molecule has 2 aromatic carbocycles. The SMILES string of the molecule is CCOc1ccccc1N1CCN(c2ccc(NC(=O)Cc3cccs3)c(C(=O)O)c2)CC1. The highest BCUT2D eigenvalue weighted by Gasteiger charge is 2.22. The summed E-state index contributed by atoms with van der Waals surface area (Å²) in [5.74, 6) is -0.411. The van der Waals surface area contributed by atoms with Gasteiger partial charge in [-0.25, -0.2) is 4.79 Å². The molecule has 0 unspecified atom stereocenters. The Kier molecular flexibility index (Phi) is 7.14. The van der Waals surface area contributed by atoms with E-state index in [2.05, 4.69) is 21.2 Å². The Morgan fingerprint density at radius 1 is 1.03 bits per heavy atom. The van der Waals surface area contributed by atoms with Gasteiger partial charge in [-0.15, -0.1) is 11.3 Å². The first kappa shape index (κ1) is 22.7. The molecule has 172 valence electrons. The predicted octanol–water partition coefficient (Wildman–Crippen LogP) is 4.35. The van der Waals surface area contributed by atoms with E-state index in [1.165, 1.54) is 11.3 Å². The van der Waals surface area contributed by atoms with Crippen molar-refractivity contribution in [2.45, 2.75) is 13.3 Å². The number of thiophene rings is 1. The normalized spacial score (nSPS) is 13.6. The summed E-state index contributed by atoms with van der Waals surface area (Å²) in [5.41, 5.74) is 2.32. The van der Waals surface area contributed by atoms with Crippen LogP contribution in [0, 0.1) is 0 Å². The number of carbonyl (C=O) groups excluding carboxylic acids is 1. The minimum atomic E-state index is -1.06. The third kappa shape index (κ3) is 5.46. The summed E-state index contributed by atoms with van der Waals surface area (Å²) in [4.78, 5) is 29.7. The predicted molar refractivity (Wildman–Crippen MR) is 132 cm³/mol. The van der Waals surface area contributed by atoms with Crippen LogP contribution in [0.15, 0.2) is 60.0 Å². The summed E-state index contributed by atoms with van der Waals surface area (Å²) in [6.07, 6.45) is 0.226. The maximum atomic E-state index is 12.4. The van der Waals surface area contributed by atoms with E-state index in [0.717, 1.165) is 48.2 Å². The minimum absolute atomic E-state index is 0.0937. The molecule has 33 heavy (non-hydrogen) atoms. The van der Waals surface area contributed by atoms with Gasteiger partial charge in [-0.05, 0) is 48.7 Å². The van der Waals surface area contributed by atoms with E-state index in [1.54, 1.807) is 12.1 Å². The van der Waals surface area contributed by atoms with Gasteiger partial charge in [-0.1, -0.05) is 18.2 Å². The van der Waals surface area contributed by atoms with Gasteiger partial charge >= 0.3 is 5.97 Å². The van der Waals surface area contributed by atoms with Crippen LogP contribution >= 0.6 is 11.3 Å². The summed E-state index contributed by atoms with van der Waals surface area (Å²) in [6, 6.07) is 17.0. The van der Waals surface area contributed by atoms with Gasteiger partial charge in [0.05, 0.1) is 30.0 Å². The summed E-state index contributed by atoms with van der Waals surface area (Å²) in [7, 11) is 0. The Hall–Kier alpha value is -3.52. The first-order chi connectivity index (χ1) is 16.0. The highest BCUT2D eigenvalue weighted by Crippen LogP contribution is 2.30. The lowest BCUT2D eigenvalue weighted by Gasteiger charge is -2.38. The van der Waals surface area contributed by atoms with E-state index in [4.69, 9.17) is 4.74 Å². The third-order valence-corrected chi connectivity index (χ3v) is 6.45. The summed E-state index contributed by atoms with van der Waals surface area (Å²) in [6.45, 7) is 5.69. The molecule has 0 atom stereocenters. The second kappa shape index (κ2) is 10.4. The molecule has 0 spiro atoms. The van der Waals surface area contributed by atoms with Crippen LogP contribution in [0.3, 0.4) is 0 Å². The van der Waals surface area contributed by atoms with E-state index in [1.807, 2.05) is 48.7 Å². The van der Waals surface area contributed by atoms with Gasteiger partial charge in [0.15, 0.2) is 0 Å². The van der Waals surface area contributed by atoms with E-state index in [9.17, 15) is 14.7 Å². The fraction of sp³-hybridized carbons (Fsp3) is 0.280. The molecule has 0 saturated carbocycles. The van der Waals surface area contributed by atoms with Crippen molar-refractivity contribution < 1.29 is 19.4 Å². The summed E-state index contributed by atoms with van der Waals surface area (Å²) in [5, 5.41) is 14.4. The van der Waals surface area contributed by atoms with Crippen LogP contribution in [0.4, 0.5) is 17.1 Å². The number of carboxylic acid groups (broad SMARTS) is 1. The van der Waals surface area contributed by atoms with Crippen molar-refractivity contribution in [3.05, 3.63) is 70.4 Å². The van der Waals surface area contributed by atoms with E-state index < -0.39 is 5.97 Å². The smallest absolute Gasteiger partial charge is 0.337 e. The molecule has 0 aliphatic carbocycles. The van der Waals surface area contributed by atoms with Crippen LogP contribution in [-0.2, 0) is 11.2 Å². The largest absolute Gasteiger partial charge is 0.492 e. The first-order valence-corrected chi connectivity index (χ1v) is 11.8. The average molecular weight is 466 g/mol. The van der Waals surface area contributed by atoms with Crippen molar-refractivity contribution in [1.82, 2.24) is 0 Å². The number of anilines is 3. The van der Waals surface area contributed by atoms with Crippen molar-refractivity contribution >= 4 is 40.3 Å².